The van der Waals surface area contributed by atoms with Gasteiger partial charge in [0.15, 0.2) is 11.5 Å². The molecule has 156 valence electrons. The van der Waals surface area contributed by atoms with Crippen molar-refractivity contribution in [3.05, 3.63) is 70.2 Å². The van der Waals surface area contributed by atoms with Crippen LogP contribution in [0.15, 0.2) is 53.9 Å². The van der Waals surface area contributed by atoms with Crippen molar-refractivity contribution in [2.24, 2.45) is 0 Å². The third-order valence-electron chi connectivity index (χ3n) is 4.46. The van der Waals surface area contributed by atoms with E-state index >= 15 is 0 Å². The summed E-state index contributed by atoms with van der Waals surface area (Å²) in [5, 5.41) is 15.7. The van der Waals surface area contributed by atoms with Gasteiger partial charge in [0.05, 0.1) is 17.1 Å². The van der Waals surface area contributed by atoms with E-state index in [1.54, 1.807) is 29.5 Å². The van der Waals surface area contributed by atoms with Crippen LogP contribution in [-0.4, -0.2) is 42.0 Å². The van der Waals surface area contributed by atoms with Gasteiger partial charge in [-0.15, -0.1) is 11.3 Å². The summed E-state index contributed by atoms with van der Waals surface area (Å²) in [5.41, 5.74) is 1.92. The van der Waals surface area contributed by atoms with Gasteiger partial charge in [-0.1, -0.05) is 30.3 Å². The first-order chi connectivity index (χ1) is 14.7. The van der Waals surface area contributed by atoms with Crippen molar-refractivity contribution >= 4 is 17.2 Å². The topological polar surface area (TPSA) is 89.9 Å². The zero-order chi connectivity index (χ0) is 20.8. The van der Waals surface area contributed by atoms with Crippen LogP contribution in [0, 0.1) is 0 Å². The minimum Gasteiger partial charge on any atom is -0.491 e. The summed E-state index contributed by atoms with van der Waals surface area (Å²) in [4.78, 5) is 16.7. The van der Waals surface area contributed by atoms with Crippen molar-refractivity contribution in [3.63, 3.8) is 0 Å². The number of carbonyl (C=O) groups excluding carboxylic acids is 1. The van der Waals surface area contributed by atoms with Gasteiger partial charge in [0.2, 0.25) is 12.7 Å². The second kappa shape index (κ2) is 9.60. The van der Waals surface area contributed by atoms with E-state index in [-0.39, 0.29) is 32.3 Å². The van der Waals surface area contributed by atoms with Crippen LogP contribution in [0.25, 0.3) is 0 Å². The summed E-state index contributed by atoms with van der Waals surface area (Å²) < 4.78 is 16.1. The molecule has 0 spiro atoms. The average Bonchev–Trinajstić information content (AvgIpc) is 3.40. The summed E-state index contributed by atoms with van der Waals surface area (Å²) >= 11 is 1.55. The Morgan fingerprint density at radius 2 is 2.03 bits per heavy atom. The molecule has 0 saturated heterocycles. The molecule has 2 N–H and O–H groups in total. The molecule has 1 amide bonds. The van der Waals surface area contributed by atoms with Gasteiger partial charge in [0, 0.05) is 24.4 Å². The molecule has 7 nitrogen and oxygen atoms in total. The van der Waals surface area contributed by atoms with Crippen LogP contribution in [0.3, 0.4) is 0 Å². The Hall–Kier alpha value is -3.10. The van der Waals surface area contributed by atoms with Crippen LogP contribution in [0.2, 0.25) is 0 Å². The maximum Gasteiger partial charge on any atom is 0.231 e. The Morgan fingerprint density at radius 3 is 2.90 bits per heavy atom. The number of fused-ring (bicyclic) bond motifs is 1. The van der Waals surface area contributed by atoms with E-state index in [9.17, 15) is 9.90 Å². The van der Waals surface area contributed by atoms with E-state index in [4.69, 9.17) is 14.2 Å². The Kier molecular flexibility index (Phi) is 6.46. The lowest BCUT2D eigenvalue weighted by Crippen LogP contribution is -2.36. The molecular weight excluding hydrogens is 404 g/mol. The first-order valence-electron chi connectivity index (χ1n) is 9.60. The third-order valence-corrected chi connectivity index (χ3v) is 5.36. The molecule has 1 aliphatic heterocycles. The molecular formula is C22H22N2O5S. The van der Waals surface area contributed by atoms with E-state index in [2.05, 4.69) is 22.4 Å². The number of aliphatic hydroxyl groups is 1. The van der Waals surface area contributed by atoms with Gasteiger partial charge in [0.25, 0.3) is 0 Å². The molecule has 1 unspecified atom stereocenters. The minimum atomic E-state index is -0.830. The molecule has 0 radical (unpaired) electrons. The summed E-state index contributed by atoms with van der Waals surface area (Å²) in [5.74, 6) is 1.67. The molecule has 4 rings (SSSR count). The van der Waals surface area contributed by atoms with Crippen molar-refractivity contribution in [2.45, 2.75) is 18.9 Å². The van der Waals surface area contributed by atoms with Crippen molar-refractivity contribution in [1.82, 2.24) is 10.3 Å². The lowest BCUT2D eigenvalue weighted by Gasteiger charge is -2.13. The fraction of sp³-hybridized carbons (Fsp3) is 0.273. The number of aliphatic hydroxyl groups excluding tert-OH is 1. The molecule has 0 fully saturated rings. The maximum atomic E-state index is 12.2. The Bertz CT molecular complexity index is 992. The highest BCUT2D eigenvalue weighted by Crippen LogP contribution is 2.35. The van der Waals surface area contributed by atoms with E-state index in [1.165, 1.54) is 5.56 Å². The van der Waals surface area contributed by atoms with Crippen LogP contribution >= 0.6 is 11.3 Å². The second-order valence-corrected chi connectivity index (χ2v) is 7.80. The number of nitrogens with one attached hydrogen (secondary N) is 1. The molecule has 0 saturated carbocycles. The number of carbonyl (C=O) groups is 1. The van der Waals surface area contributed by atoms with Gasteiger partial charge in [-0.2, -0.15) is 0 Å². The number of ether oxygens (including phenoxy) is 3. The number of thiazole rings is 1. The highest BCUT2D eigenvalue weighted by Gasteiger charge is 2.15. The van der Waals surface area contributed by atoms with Gasteiger partial charge in [-0.25, -0.2) is 4.98 Å². The normalized spacial score (nSPS) is 13.1. The number of nitrogens with zero attached hydrogens (tertiary/aromatic N) is 1. The minimum absolute atomic E-state index is 0.0534. The number of hydrogen-bond donors (Lipinski definition) is 2. The summed E-state index contributed by atoms with van der Waals surface area (Å²) in [6.45, 7) is 0.350. The lowest BCUT2D eigenvalue weighted by molar-refractivity contribution is -0.121. The predicted octanol–water partition coefficient (Wildman–Crippen LogP) is 2.56. The molecule has 1 aromatic heterocycles. The van der Waals surface area contributed by atoms with E-state index in [0.29, 0.717) is 17.2 Å². The first-order valence-corrected chi connectivity index (χ1v) is 10.5. The fourth-order valence-corrected chi connectivity index (χ4v) is 3.79. The quantitative estimate of drug-likeness (QED) is 0.547. The molecule has 30 heavy (non-hydrogen) atoms. The molecule has 2 aromatic carbocycles. The zero-order valence-corrected chi connectivity index (χ0v) is 17.1. The summed E-state index contributed by atoms with van der Waals surface area (Å²) in [6, 6.07) is 15.3. The van der Waals surface area contributed by atoms with Crippen LogP contribution in [0.5, 0.6) is 17.2 Å². The monoisotopic (exact) mass is 426 g/mol. The average molecular weight is 426 g/mol. The van der Waals surface area contributed by atoms with Crippen LogP contribution < -0.4 is 19.5 Å². The van der Waals surface area contributed by atoms with Crippen molar-refractivity contribution < 1.29 is 24.1 Å². The molecule has 1 aliphatic rings. The summed E-state index contributed by atoms with van der Waals surface area (Å²) in [7, 11) is 0. The molecule has 0 bridgehead atoms. The van der Waals surface area contributed by atoms with Crippen molar-refractivity contribution in [1.29, 1.82) is 0 Å². The number of aromatic nitrogens is 1. The number of benzene rings is 2. The standard InChI is InChI=1S/C22H22N2O5S/c25-17(12-27-18-6-7-19-20(10-18)29-14-28-19)11-23-21(26)9-16-13-30-22(24-16)8-15-4-2-1-3-5-15/h1-7,10,13,17,25H,8-9,11-12,14H2,(H,23,26). The number of hydrogen-bond acceptors (Lipinski definition) is 7. The van der Waals surface area contributed by atoms with E-state index in [0.717, 1.165) is 17.1 Å². The van der Waals surface area contributed by atoms with Gasteiger partial charge in [-0.3, -0.25) is 4.79 Å². The molecule has 8 heteroatoms. The molecule has 3 aromatic rings. The zero-order valence-electron chi connectivity index (χ0n) is 16.2. The van der Waals surface area contributed by atoms with Gasteiger partial charge >= 0.3 is 0 Å². The molecule has 1 atom stereocenters. The van der Waals surface area contributed by atoms with Crippen LogP contribution in [0.1, 0.15) is 16.3 Å². The third kappa shape index (κ3) is 5.49. The van der Waals surface area contributed by atoms with Crippen LogP contribution in [0.4, 0.5) is 0 Å². The fourth-order valence-electron chi connectivity index (χ4n) is 2.96. The maximum absolute atomic E-state index is 12.2. The van der Waals surface area contributed by atoms with Crippen molar-refractivity contribution in [2.75, 3.05) is 19.9 Å². The van der Waals surface area contributed by atoms with E-state index < -0.39 is 6.10 Å². The Morgan fingerprint density at radius 1 is 1.20 bits per heavy atom. The van der Waals surface area contributed by atoms with Gasteiger partial charge in [-0.05, 0) is 17.7 Å². The summed E-state index contributed by atoms with van der Waals surface area (Å²) in [6.07, 6.45) is 0.104. The van der Waals surface area contributed by atoms with Crippen LogP contribution in [-0.2, 0) is 17.6 Å². The lowest BCUT2D eigenvalue weighted by atomic mass is 10.2. The Balaban J connectivity index is 1.18. The highest BCUT2D eigenvalue weighted by molar-refractivity contribution is 7.09. The van der Waals surface area contributed by atoms with E-state index in [1.807, 2.05) is 23.6 Å². The SMILES string of the molecule is O=C(Cc1csc(Cc2ccccc2)n1)NCC(O)COc1ccc2c(c1)OCO2. The molecule has 2 heterocycles. The van der Waals surface area contributed by atoms with Gasteiger partial charge < -0.3 is 24.6 Å². The van der Waals surface area contributed by atoms with Crippen molar-refractivity contribution in [3.8, 4) is 17.2 Å². The number of rotatable bonds is 9. The second-order valence-electron chi connectivity index (χ2n) is 6.86. The smallest absolute Gasteiger partial charge is 0.231 e. The molecule has 0 aliphatic carbocycles. The Labute approximate surface area is 178 Å². The predicted molar refractivity (Wildman–Crippen MR) is 112 cm³/mol. The van der Waals surface area contributed by atoms with Gasteiger partial charge in [0.1, 0.15) is 18.5 Å². The number of amides is 1. The first kappa shape index (κ1) is 20.2. The highest BCUT2D eigenvalue weighted by atomic mass is 32.1. The largest absolute Gasteiger partial charge is 0.491 e.